The Morgan fingerprint density at radius 3 is 2.79 bits per heavy atom. The number of aryl methyl sites for hydroxylation is 2. The second kappa shape index (κ2) is 8.61. The van der Waals surface area contributed by atoms with E-state index in [1.807, 2.05) is 59.5 Å². The third kappa shape index (κ3) is 4.24. The Morgan fingerprint density at radius 2 is 2.10 bits per heavy atom. The van der Waals surface area contributed by atoms with Crippen molar-refractivity contribution in [3.63, 3.8) is 0 Å². The monoisotopic (exact) mass is 408 g/mol. The largest absolute Gasteiger partial charge is 0.356 e. The van der Waals surface area contributed by atoms with Crippen LogP contribution in [0.15, 0.2) is 60.5 Å². The first-order valence-electron chi connectivity index (χ1n) is 9.79. The molecule has 1 aromatic carbocycles. The molecule has 150 valence electrons. The Hall–Kier alpha value is -2.93. The highest BCUT2D eigenvalue weighted by atomic mass is 32.1. The van der Waals surface area contributed by atoms with E-state index in [1.165, 1.54) is 0 Å². The number of hydrogen-bond acceptors (Lipinski definition) is 4. The van der Waals surface area contributed by atoms with Gasteiger partial charge < -0.3 is 14.8 Å². The minimum atomic E-state index is -0.393. The minimum Gasteiger partial charge on any atom is -0.356 e. The van der Waals surface area contributed by atoms with Gasteiger partial charge in [0.2, 0.25) is 11.8 Å². The molecular formula is C22H24N4O2S. The second-order valence-corrected chi connectivity index (χ2v) is 8.29. The molecule has 29 heavy (non-hydrogen) atoms. The van der Waals surface area contributed by atoms with E-state index in [4.69, 9.17) is 0 Å². The van der Waals surface area contributed by atoms with Gasteiger partial charge in [-0.25, -0.2) is 4.98 Å². The van der Waals surface area contributed by atoms with Crippen molar-refractivity contribution in [3.05, 3.63) is 70.9 Å². The lowest BCUT2D eigenvalue weighted by atomic mass is 9.97. The molecule has 1 N–H and O–H groups in total. The molecule has 3 heterocycles. The Labute approximate surface area is 174 Å². The van der Waals surface area contributed by atoms with E-state index >= 15 is 0 Å². The number of aromatic nitrogens is 2. The Bertz CT molecular complexity index is 951. The van der Waals surface area contributed by atoms with Gasteiger partial charge in [-0.15, -0.1) is 11.3 Å². The van der Waals surface area contributed by atoms with E-state index in [1.54, 1.807) is 28.8 Å². The molecule has 0 saturated carbocycles. The van der Waals surface area contributed by atoms with Crippen molar-refractivity contribution in [2.45, 2.75) is 32.4 Å². The molecule has 2 unspecified atom stereocenters. The van der Waals surface area contributed by atoms with Gasteiger partial charge in [0.15, 0.2) is 0 Å². The highest BCUT2D eigenvalue weighted by molar-refractivity contribution is 7.10. The van der Waals surface area contributed by atoms with Crippen molar-refractivity contribution in [2.24, 2.45) is 5.92 Å². The quantitative estimate of drug-likeness (QED) is 0.608. The Balaban J connectivity index is 1.48. The van der Waals surface area contributed by atoms with Crippen LogP contribution < -0.4 is 10.2 Å². The minimum absolute atomic E-state index is 0.00850. The van der Waals surface area contributed by atoms with E-state index in [0.29, 0.717) is 6.54 Å². The zero-order valence-electron chi connectivity index (χ0n) is 16.3. The number of anilines is 1. The van der Waals surface area contributed by atoms with Crippen LogP contribution in [0.4, 0.5) is 5.69 Å². The first-order valence-corrected chi connectivity index (χ1v) is 10.7. The average molecular weight is 409 g/mol. The van der Waals surface area contributed by atoms with Crippen LogP contribution >= 0.6 is 11.3 Å². The summed E-state index contributed by atoms with van der Waals surface area (Å²) in [7, 11) is 0. The van der Waals surface area contributed by atoms with Crippen molar-refractivity contribution < 1.29 is 9.59 Å². The van der Waals surface area contributed by atoms with E-state index in [0.717, 1.165) is 29.1 Å². The number of amides is 2. The lowest BCUT2D eigenvalue weighted by Crippen LogP contribution is -2.36. The second-order valence-electron chi connectivity index (χ2n) is 7.32. The van der Waals surface area contributed by atoms with Gasteiger partial charge >= 0.3 is 0 Å². The molecule has 1 saturated heterocycles. The van der Waals surface area contributed by atoms with Crippen LogP contribution in [0.5, 0.6) is 0 Å². The Kier molecular flexibility index (Phi) is 5.76. The lowest BCUT2D eigenvalue weighted by Gasteiger charge is -2.27. The van der Waals surface area contributed by atoms with Crippen molar-refractivity contribution >= 4 is 28.8 Å². The first kappa shape index (κ1) is 19.4. The van der Waals surface area contributed by atoms with Gasteiger partial charge in [0.1, 0.15) is 0 Å². The number of hydrogen-bond donors (Lipinski definition) is 1. The number of rotatable bonds is 7. The molecule has 1 fully saturated rings. The molecule has 2 amide bonds. The van der Waals surface area contributed by atoms with Crippen molar-refractivity contribution in [2.75, 3.05) is 11.4 Å². The molecule has 1 aliphatic heterocycles. The van der Waals surface area contributed by atoms with Crippen LogP contribution in [0.1, 0.15) is 29.3 Å². The van der Waals surface area contributed by atoms with Crippen LogP contribution in [-0.4, -0.2) is 27.9 Å². The summed E-state index contributed by atoms with van der Waals surface area (Å²) < 4.78 is 1.98. The summed E-state index contributed by atoms with van der Waals surface area (Å²) >= 11 is 1.59. The van der Waals surface area contributed by atoms with Gasteiger partial charge in [-0.05, 0) is 36.9 Å². The summed E-state index contributed by atoms with van der Waals surface area (Å²) in [6, 6.07) is 11.6. The normalized spacial score (nSPS) is 18.9. The van der Waals surface area contributed by atoms with Crippen molar-refractivity contribution in [1.82, 2.24) is 14.9 Å². The van der Waals surface area contributed by atoms with E-state index < -0.39 is 5.92 Å². The number of imidazole rings is 1. The van der Waals surface area contributed by atoms with Gasteiger partial charge in [0.25, 0.3) is 0 Å². The number of carbonyl (C=O) groups excluding carboxylic acids is 2. The highest BCUT2D eigenvalue weighted by Gasteiger charge is 2.45. The highest BCUT2D eigenvalue weighted by Crippen LogP contribution is 2.43. The number of carbonyl (C=O) groups is 2. The average Bonchev–Trinajstić information content (AvgIpc) is 3.47. The fraction of sp³-hybridized carbons (Fsp3) is 0.318. The molecule has 0 spiro atoms. The summed E-state index contributed by atoms with van der Waals surface area (Å²) in [5.74, 6) is -0.460. The molecule has 3 aromatic rings. The first-order chi connectivity index (χ1) is 14.1. The molecular weight excluding hydrogens is 384 g/mol. The van der Waals surface area contributed by atoms with Gasteiger partial charge in [0.05, 0.1) is 18.3 Å². The molecule has 0 aliphatic carbocycles. The van der Waals surface area contributed by atoms with Crippen LogP contribution in [0.3, 0.4) is 0 Å². The maximum absolute atomic E-state index is 13.0. The predicted octanol–water partition coefficient (Wildman–Crippen LogP) is 3.55. The molecule has 2 aromatic heterocycles. The Morgan fingerprint density at radius 1 is 1.28 bits per heavy atom. The molecule has 7 heteroatoms. The zero-order chi connectivity index (χ0) is 20.2. The molecule has 0 radical (unpaired) electrons. The van der Waals surface area contributed by atoms with Crippen LogP contribution in [-0.2, 0) is 16.1 Å². The maximum atomic E-state index is 13.0. The zero-order valence-corrected chi connectivity index (χ0v) is 17.1. The van der Waals surface area contributed by atoms with E-state index in [2.05, 4.69) is 10.3 Å². The molecule has 1 aliphatic rings. The number of thiophene rings is 1. The molecule has 0 bridgehead atoms. The molecule has 4 rings (SSSR count). The summed E-state index contributed by atoms with van der Waals surface area (Å²) in [4.78, 5) is 32.7. The number of benzene rings is 1. The topological polar surface area (TPSA) is 67.2 Å². The number of nitrogens with zero attached hydrogens (tertiary/aromatic N) is 3. The molecule has 2 atom stereocenters. The summed E-state index contributed by atoms with van der Waals surface area (Å²) in [5.41, 5.74) is 1.98. The van der Waals surface area contributed by atoms with Crippen LogP contribution in [0, 0.1) is 12.8 Å². The predicted molar refractivity (Wildman–Crippen MR) is 114 cm³/mol. The standard InChI is InChI=1S/C22H24N4O2S/c1-16-5-7-17(8-6-16)26-20(27)14-18(21(26)19-4-2-13-29-19)22(28)24-9-3-11-25-12-10-23-15-25/h2,4-8,10,12-13,15,18,21H,3,9,11,14H2,1H3,(H,24,28). The van der Waals surface area contributed by atoms with Crippen LogP contribution in [0.2, 0.25) is 0 Å². The van der Waals surface area contributed by atoms with Crippen LogP contribution in [0.25, 0.3) is 0 Å². The summed E-state index contributed by atoms with van der Waals surface area (Å²) in [5, 5.41) is 5.03. The third-order valence-corrected chi connectivity index (χ3v) is 6.20. The smallest absolute Gasteiger partial charge is 0.228 e. The third-order valence-electron chi connectivity index (χ3n) is 5.26. The van der Waals surface area contributed by atoms with Gasteiger partial charge in [0, 0.05) is 42.5 Å². The van der Waals surface area contributed by atoms with E-state index in [-0.39, 0.29) is 24.3 Å². The van der Waals surface area contributed by atoms with E-state index in [9.17, 15) is 9.59 Å². The summed E-state index contributed by atoms with van der Waals surface area (Å²) in [6.07, 6.45) is 6.46. The fourth-order valence-electron chi connectivity index (χ4n) is 3.79. The fourth-order valence-corrected chi connectivity index (χ4v) is 4.67. The molecule has 6 nitrogen and oxygen atoms in total. The SMILES string of the molecule is Cc1ccc(N2C(=O)CC(C(=O)NCCCn3ccnc3)C2c2cccs2)cc1. The number of nitrogens with one attached hydrogen (secondary N) is 1. The summed E-state index contributed by atoms with van der Waals surface area (Å²) in [6.45, 7) is 3.39. The van der Waals surface area contributed by atoms with Crippen molar-refractivity contribution in [3.8, 4) is 0 Å². The maximum Gasteiger partial charge on any atom is 0.228 e. The van der Waals surface area contributed by atoms with Gasteiger partial charge in [-0.3, -0.25) is 9.59 Å². The van der Waals surface area contributed by atoms with Gasteiger partial charge in [-0.1, -0.05) is 23.8 Å². The lowest BCUT2D eigenvalue weighted by molar-refractivity contribution is -0.126. The van der Waals surface area contributed by atoms with Gasteiger partial charge in [-0.2, -0.15) is 0 Å². The van der Waals surface area contributed by atoms with Crippen molar-refractivity contribution in [1.29, 1.82) is 0 Å².